The zero-order valence-corrected chi connectivity index (χ0v) is 18.3. The maximum Gasteiger partial charge on any atom is 0.251 e. The van der Waals surface area contributed by atoms with Gasteiger partial charge in [-0.15, -0.1) is 34.9 Å². The fourth-order valence-electron chi connectivity index (χ4n) is 3.54. The minimum atomic E-state index is 0.00492. The van der Waals surface area contributed by atoms with Crippen LogP contribution in [0, 0.1) is 0 Å². The Balaban J connectivity index is 1.37. The van der Waals surface area contributed by atoms with Crippen molar-refractivity contribution in [1.82, 2.24) is 10.2 Å². The van der Waals surface area contributed by atoms with Crippen LogP contribution >= 0.6 is 34.9 Å². The number of thiophene rings is 1. The number of nitrogens with zero attached hydrogens (tertiary/aromatic N) is 1. The summed E-state index contributed by atoms with van der Waals surface area (Å²) in [4.78, 5) is 16.4. The van der Waals surface area contributed by atoms with Gasteiger partial charge in [0.15, 0.2) is 0 Å². The van der Waals surface area contributed by atoms with E-state index < -0.39 is 0 Å². The summed E-state index contributed by atoms with van der Waals surface area (Å²) < 4.78 is 6.00. The second-order valence-corrected chi connectivity index (χ2v) is 10.6. The first kappa shape index (κ1) is 20.3. The SMILES string of the molecule is O=C(NC[C@H](c1cccs1)N1CCOCC1)c1ccc(C2SCCCS2)cc1. The molecule has 0 radical (unpaired) electrons. The molecule has 28 heavy (non-hydrogen) atoms. The van der Waals surface area contributed by atoms with Gasteiger partial charge in [0, 0.05) is 30.1 Å². The van der Waals surface area contributed by atoms with Crippen molar-refractivity contribution in [3.05, 3.63) is 57.8 Å². The van der Waals surface area contributed by atoms with E-state index in [1.54, 1.807) is 11.3 Å². The molecule has 2 fully saturated rings. The van der Waals surface area contributed by atoms with Crippen LogP contribution in [0.5, 0.6) is 0 Å². The highest BCUT2D eigenvalue weighted by molar-refractivity contribution is 8.16. The average Bonchev–Trinajstić information content (AvgIpc) is 3.30. The number of amides is 1. The lowest BCUT2D eigenvalue weighted by Gasteiger charge is -2.34. The van der Waals surface area contributed by atoms with Crippen LogP contribution in [0.3, 0.4) is 0 Å². The quantitative estimate of drug-likeness (QED) is 0.729. The summed E-state index contributed by atoms with van der Waals surface area (Å²) in [6.07, 6.45) is 1.29. The molecule has 4 rings (SSSR count). The molecule has 1 N–H and O–H groups in total. The van der Waals surface area contributed by atoms with Crippen molar-refractivity contribution >= 4 is 40.8 Å². The molecule has 4 nitrogen and oxygen atoms in total. The molecule has 0 bridgehead atoms. The molecule has 0 saturated carbocycles. The molecule has 2 aliphatic heterocycles. The molecular formula is C21H26N2O2S3. The summed E-state index contributed by atoms with van der Waals surface area (Å²) in [6, 6.07) is 12.6. The zero-order valence-electron chi connectivity index (χ0n) is 15.8. The number of rotatable bonds is 6. The van der Waals surface area contributed by atoms with Crippen molar-refractivity contribution in [2.24, 2.45) is 0 Å². The monoisotopic (exact) mass is 434 g/mol. The number of carbonyl (C=O) groups excluding carboxylic acids is 1. The van der Waals surface area contributed by atoms with Crippen molar-refractivity contribution < 1.29 is 9.53 Å². The molecule has 3 heterocycles. The number of morpholine rings is 1. The maximum absolute atomic E-state index is 12.7. The molecule has 1 aromatic carbocycles. The summed E-state index contributed by atoms with van der Waals surface area (Å²) in [7, 11) is 0. The Hall–Kier alpha value is -0.990. The number of hydrogen-bond donors (Lipinski definition) is 1. The van der Waals surface area contributed by atoms with Crippen LogP contribution in [-0.4, -0.2) is 55.2 Å². The largest absolute Gasteiger partial charge is 0.379 e. The van der Waals surface area contributed by atoms with E-state index in [0.717, 1.165) is 31.9 Å². The summed E-state index contributed by atoms with van der Waals surface area (Å²) >= 11 is 5.77. The summed E-state index contributed by atoms with van der Waals surface area (Å²) in [5.74, 6) is 2.46. The van der Waals surface area contributed by atoms with E-state index in [-0.39, 0.29) is 11.9 Å². The van der Waals surface area contributed by atoms with E-state index in [9.17, 15) is 4.79 Å². The lowest BCUT2D eigenvalue weighted by atomic mass is 10.1. The van der Waals surface area contributed by atoms with Gasteiger partial charge >= 0.3 is 0 Å². The van der Waals surface area contributed by atoms with Crippen LogP contribution in [-0.2, 0) is 4.74 Å². The van der Waals surface area contributed by atoms with E-state index in [1.165, 1.54) is 28.4 Å². The molecule has 1 atom stereocenters. The van der Waals surface area contributed by atoms with Crippen molar-refractivity contribution in [2.45, 2.75) is 17.0 Å². The Morgan fingerprint density at radius 2 is 1.89 bits per heavy atom. The number of ether oxygens (including phenoxy) is 1. The Morgan fingerprint density at radius 1 is 1.14 bits per heavy atom. The first-order valence-electron chi connectivity index (χ1n) is 9.78. The average molecular weight is 435 g/mol. The number of benzene rings is 1. The first-order valence-corrected chi connectivity index (χ1v) is 12.8. The third-order valence-corrected chi connectivity index (χ3v) is 9.07. The van der Waals surface area contributed by atoms with Gasteiger partial charge in [-0.1, -0.05) is 18.2 Å². The van der Waals surface area contributed by atoms with Gasteiger partial charge in [-0.3, -0.25) is 9.69 Å². The van der Waals surface area contributed by atoms with Crippen LogP contribution in [0.4, 0.5) is 0 Å². The Morgan fingerprint density at radius 3 is 2.57 bits per heavy atom. The van der Waals surface area contributed by atoms with Crippen molar-refractivity contribution in [2.75, 3.05) is 44.4 Å². The molecule has 7 heteroatoms. The maximum atomic E-state index is 12.7. The molecular weight excluding hydrogens is 408 g/mol. The van der Waals surface area contributed by atoms with E-state index >= 15 is 0 Å². The smallest absolute Gasteiger partial charge is 0.251 e. The van der Waals surface area contributed by atoms with Crippen LogP contribution in [0.15, 0.2) is 41.8 Å². The molecule has 2 aliphatic rings. The van der Waals surface area contributed by atoms with Crippen molar-refractivity contribution in [1.29, 1.82) is 0 Å². The summed E-state index contributed by atoms with van der Waals surface area (Å²) in [5.41, 5.74) is 2.05. The second kappa shape index (κ2) is 10.2. The molecule has 1 aromatic heterocycles. The van der Waals surface area contributed by atoms with Crippen LogP contribution in [0.1, 0.15) is 37.8 Å². The van der Waals surface area contributed by atoms with E-state index in [1.807, 2.05) is 35.7 Å². The van der Waals surface area contributed by atoms with Crippen LogP contribution < -0.4 is 5.32 Å². The molecule has 0 aliphatic carbocycles. The predicted octanol–water partition coefficient (Wildman–Crippen LogP) is 4.42. The first-order chi connectivity index (χ1) is 13.8. The standard InChI is InChI=1S/C21H26N2O2S3/c24-20(16-4-6-17(7-5-16)21-27-13-2-14-28-21)22-15-18(19-3-1-12-26-19)23-8-10-25-11-9-23/h1,3-7,12,18,21H,2,8-11,13-15H2,(H,22,24)/t18-/m1/s1. The number of nitrogens with one attached hydrogen (secondary N) is 1. The van der Waals surface area contributed by atoms with Gasteiger partial charge in [-0.2, -0.15) is 0 Å². The third-order valence-electron chi connectivity index (χ3n) is 5.09. The topological polar surface area (TPSA) is 41.6 Å². The van der Waals surface area contributed by atoms with Gasteiger partial charge < -0.3 is 10.1 Å². The highest BCUT2D eigenvalue weighted by atomic mass is 32.2. The van der Waals surface area contributed by atoms with Crippen molar-refractivity contribution in [3.63, 3.8) is 0 Å². The number of thioether (sulfide) groups is 2. The molecule has 150 valence electrons. The van der Waals surface area contributed by atoms with E-state index in [0.29, 0.717) is 11.1 Å². The Kier molecular flexibility index (Phi) is 7.36. The Labute approximate surface area is 179 Å². The molecule has 0 unspecified atom stereocenters. The van der Waals surface area contributed by atoms with Gasteiger partial charge in [0.05, 0.1) is 23.8 Å². The van der Waals surface area contributed by atoms with Crippen LogP contribution in [0.25, 0.3) is 0 Å². The van der Waals surface area contributed by atoms with Crippen molar-refractivity contribution in [3.8, 4) is 0 Å². The molecule has 2 saturated heterocycles. The minimum Gasteiger partial charge on any atom is -0.379 e. The molecule has 1 amide bonds. The fourth-order valence-corrected chi connectivity index (χ4v) is 7.30. The summed E-state index contributed by atoms with van der Waals surface area (Å²) in [5, 5.41) is 5.26. The number of hydrogen-bond acceptors (Lipinski definition) is 6. The van der Waals surface area contributed by atoms with Gasteiger partial charge in [0.1, 0.15) is 0 Å². The highest BCUT2D eigenvalue weighted by Gasteiger charge is 2.24. The van der Waals surface area contributed by atoms with E-state index in [4.69, 9.17) is 4.74 Å². The van der Waals surface area contributed by atoms with Gasteiger partial charge in [-0.05, 0) is 47.1 Å². The minimum absolute atomic E-state index is 0.00492. The fraction of sp³-hybridized carbons (Fsp3) is 0.476. The third kappa shape index (κ3) is 5.13. The summed E-state index contributed by atoms with van der Waals surface area (Å²) in [6.45, 7) is 3.95. The van der Waals surface area contributed by atoms with E-state index in [2.05, 4.69) is 39.9 Å². The zero-order chi connectivity index (χ0) is 19.2. The Bertz CT molecular complexity index is 740. The van der Waals surface area contributed by atoms with Crippen LogP contribution in [0.2, 0.25) is 0 Å². The lowest BCUT2D eigenvalue weighted by Crippen LogP contribution is -2.43. The molecule has 0 spiro atoms. The lowest BCUT2D eigenvalue weighted by molar-refractivity contribution is 0.0169. The van der Waals surface area contributed by atoms with Gasteiger partial charge in [-0.25, -0.2) is 0 Å². The number of carbonyl (C=O) groups is 1. The van der Waals surface area contributed by atoms with Gasteiger partial charge in [0.25, 0.3) is 5.91 Å². The van der Waals surface area contributed by atoms with Gasteiger partial charge in [0.2, 0.25) is 0 Å². The highest BCUT2D eigenvalue weighted by Crippen LogP contribution is 2.43. The normalized spacial score (nSPS) is 20.0. The second-order valence-electron chi connectivity index (χ2n) is 6.94. The molecule has 2 aromatic rings. The predicted molar refractivity (Wildman–Crippen MR) is 121 cm³/mol.